The molecule has 0 aliphatic heterocycles. The van der Waals surface area contributed by atoms with E-state index in [0.29, 0.717) is 5.92 Å². The van der Waals surface area contributed by atoms with Crippen molar-refractivity contribution >= 4 is 18.3 Å². The molecule has 0 aromatic carbocycles. The monoisotopic (exact) mass is 233 g/mol. The molecule has 1 saturated carbocycles. The van der Waals surface area contributed by atoms with Gasteiger partial charge in [0.25, 0.3) is 0 Å². The van der Waals surface area contributed by atoms with Crippen LogP contribution >= 0.6 is 12.4 Å². The van der Waals surface area contributed by atoms with E-state index in [1.54, 1.807) is 0 Å². The summed E-state index contributed by atoms with van der Waals surface area (Å²) in [5.41, 5.74) is 5.19. The minimum absolute atomic E-state index is 0. The Kier molecular flexibility index (Phi) is 6.26. The van der Waals surface area contributed by atoms with E-state index in [-0.39, 0.29) is 23.7 Å². The van der Waals surface area contributed by atoms with Crippen LogP contribution < -0.4 is 5.73 Å². The molecule has 0 spiro atoms. The molecule has 0 aromatic rings. The maximum absolute atomic E-state index is 11.1. The number of carbonyl (C=O) groups excluding carboxylic acids is 1. The second kappa shape index (κ2) is 6.37. The zero-order valence-corrected chi connectivity index (χ0v) is 10.7. The van der Waals surface area contributed by atoms with Gasteiger partial charge in [-0.25, -0.2) is 0 Å². The Bertz CT molecular complexity index is 208. The number of unbranched alkanes of at least 4 members (excludes halogenated alkanes) is 4. The molecule has 1 rings (SSSR count). The van der Waals surface area contributed by atoms with Crippen molar-refractivity contribution in [3.05, 3.63) is 0 Å². The van der Waals surface area contributed by atoms with Crippen LogP contribution in [0.15, 0.2) is 0 Å². The van der Waals surface area contributed by atoms with Crippen LogP contribution in [-0.4, -0.2) is 5.91 Å². The second-order valence-corrected chi connectivity index (χ2v) is 4.89. The van der Waals surface area contributed by atoms with E-state index in [9.17, 15) is 4.79 Å². The lowest BCUT2D eigenvalue weighted by Gasteiger charge is -2.05. The maximum atomic E-state index is 11.1. The van der Waals surface area contributed by atoms with E-state index >= 15 is 0 Å². The lowest BCUT2D eigenvalue weighted by Crippen LogP contribution is -2.23. The van der Waals surface area contributed by atoms with Crippen molar-refractivity contribution < 1.29 is 4.79 Å². The highest BCUT2D eigenvalue weighted by molar-refractivity contribution is 5.85. The van der Waals surface area contributed by atoms with Crippen LogP contribution in [0.4, 0.5) is 0 Å². The maximum Gasteiger partial charge on any atom is 0.223 e. The predicted octanol–water partition coefficient (Wildman–Crippen LogP) is 3.28. The summed E-state index contributed by atoms with van der Waals surface area (Å²) < 4.78 is 0. The molecule has 2 nitrogen and oxygen atoms in total. The summed E-state index contributed by atoms with van der Waals surface area (Å²) in [6.45, 7) is 4.23. The normalized spacial score (nSPS) is 28.3. The van der Waals surface area contributed by atoms with Gasteiger partial charge < -0.3 is 5.73 Å². The van der Waals surface area contributed by atoms with Crippen LogP contribution in [0.1, 0.15) is 58.8 Å². The van der Waals surface area contributed by atoms with Gasteiger partial charge in [-0.3, -0.25) is 4.79 Å². The summed E-state index contributed by atoms with van der Waals surface area (Å²) in [4.78, 5) is 11.1. The Morgan fingerprint density at radius 3 is 2.40 bits per heavy atom. The largest absolute Gasteiger partial charge is 0.369 e. The predicted molar refractivity (Wildman–Crippen MR) is 66.0 cm³/mol. The van der Waals surface area contributed by atoms with Crippen molar-refractivity contribution in [2.45, 2.75) is 58.8 Å². The molecular weight excluding hydrogens is 210 g/mol. The highest BCUT2D eigenvalue weighted by Crippen LogP contribution is 2.54. The molecule has 1 fully saturated rings. The quantitative estimate of drug-likeness (QED) is 0.674. The summed E-state index contributed by atoms with van der Waals surface area (Å²) in [6.07, 6.45) is 8.79. The highest BCUT2D eigenvalue weighted by atomic mass is 35.5. The lowest BCUT2D eigenvalue weighted by atomic mass is 10.0. The standard InChI is InChI=1S/C12H23NO.ClH/c1-3-4-5-6-7-8-10-9-12(10,2)11(13)14;/h10H,3-9H2,1-2H3,(H2,13,14);1H. The van der Waals surface area contributed by atoms with E-state index in [0.717, 1.165) is 6.42 Å². The summed E-state index contributed by atoms with van der Waals surface area (Å²) in [5, 5.41) is 0. The van der Waals surface area contributed by atoms with Gasteiger partial charge in [0.1, 0.15) is 0 Å². The Morgan fingerprint density at radius 1 is 1.33 bits per heavy atom. The second-order valence-electron chi connectivity index (χ2n) is 4.89. The fourth-order valence-electron chi connectivity index (χ4n) is 2.17. The van der Waals surface area contributed by atoms with Crippen molar-refractivity contribution in [2.75, 3.05) is 0 Å². The van der Waals surface area contributed by atoms with Gasteiger partial charge in [-0.2, -0.15) is 0 Å². The number of rotatable bonds is 7. The third-order valence-electron chi connectivity index (χ3n) is 3.63. The van der Waals surface area contributed by atoms with Gasteiger partial charge in [-0.05, 0) is 18.8 Å². The van der Waals surface area contributed by atoms with Crippen LogP contribution in [0.2, 0.25) is 0 Å². The molecule has 0 radical (unpaired) electrons. The molecule has 90 valence electrons. The molecule has 2 N–H and O–H groups in total. The zero-order chi connectivity index (χ0) is 10.6. The summed E-state index contributed by atoms with van der Waals surface area (Å²) in [5.74, 6) is 0.484. The van der Waals surface area contributed by atoms with Crippen LogP contribution in [0.3, 0.4) is 0 Å². The molecule has 2 atom stereocenters. The fourth-order valence-corrected chi connectivity index (χ4v) is 2.17. The van der Waals surface area contributed by atoms with E-state index in [1.165, 1.54) is 38.5 Å². The van der Waals surface area contributed by atoms with Gasteiger partial charge in [0.2, 0.25) is 5.91 Å². The number of carbonyl (C=O) groups is 1. The van der Waals surface area contributed by atoms with Gasteiger partial charge in [-0.1, -0.05) is 46.0 Å². The molecule has 15 heavy (non-hydrogen) atoms. The topological polar surface area (TPSA) is 43.1 Å². The van der Waals surface area contributed by atoms with Crippen molar-refractivity contribution in [2.24, 2.45) is 17.1 Å². The summed E-state index contributed by atoms with van der Waals surface area (Å²) in [7, 11) is 0. The minimum Gasteiger partial charge on any atom is -0.369 e. The van der Waals surface area contributed by atoms with Crippen molar-refractivity contribution in [3.63, 3.8) is 0 Å². The lowest BCUT2D eigenvalue weighted by molar-refractivity contribution is -0.123. The van der Waals surface area contributed by atoms with Crippen LogP contribution in [0, 0.1) is 11.3 Å². The van der Waals surface area contributed by atoms with E-state index in [1.807, 2.05) is 6.92 Å². The molecule has 0 aromatic heterocycles. The SMILES string of the molecule is CCCCCCCC1CC1(C)C(N)=O.Cl. The Labute approximate surface area is 99.4 Å². The highest BCUT2D eigenvalue weighted by Gasteiger charge is 2.53. The third kappa shape index (κ3) is 4.02. The third-order valence-corrected chi connectivity index (χ3v) is 3.63. The van der Waals surface area contributed by atoms with Gasteiger partial charge in [-0.15, -0.1) is 12.4 Å². The number of hydrogen-bond acceptors (Lipinski definition) is 1. The number of primary amides is 1. The Morgan fingerprint density at radius 2 is 1.93 bits per heavy atom. The number of halogens is 1. The minimum atomic E-state index is -0.148. The van der Waals surface area contributed by atoms with Crippen molar-refractivity contribution in [3.8, 4) is 0 Å². The molecular formula is C12H24ClNO. The van der Waals surface area contributed by atoms with Gasteiger partial charge in [0.15, 0.2) is 0 Å². The first-order valence-electron chi connectivity index (χ1n) is 5.91. The summed E-state index contributed by atoms with van der Waals surface area (Å²) >= 11 is 0. The van der Waals surface area contributed by atoms with Crippen LogP contribution in [0.5, 0.6) is 0 Å². The molecule has 1 aliphatic rings. The first-order chi connectivity index (χ1) is 6.61. The Hall–Kier alpha value is -0.240. The average molecular weight is 234 g/mol. The number of amides is 1. The smallest absolute Gasteiger partial charge is 0.223 e. The molecule has 0 heterocycles. The van der Waals surface area contributed by atoms with Crippen molar-refractivity contribution in [1.82, 2.24) is 0 Å². The van der Waals surface area contributed by atoms with Gasteiger partial charge >= 0.3 is 0 Å². The first-order valence-corrected chi connectivity index (χ1v) is 5.91. The number of hydrogen-bond donors (Lipinski definition) is 1. The Balaban J connectivity index is 0.00000196. The molecule has 3 heteroatoms. The van der Waals surface area contributed by atoms with Crippen LogP contribution in [-0.2, 0) is 4.79 Å². The molecule has 0 saturated heterocycles. The zero-order valence-electron chi connectivity index (χ0n) is 9.92. The molecule has 0 bridgehead atoms. The van der Waals surface area contributed by atoms with Crippen LogP contribution in [0.25, 0.3) is 0 Å². The van der Waals surface area contributed by atoms with E-state index < -0.39 is 0 Å². The first kappa shape index (κ1) is 14.8. The van der Waals surface area contributed by atoms with E-state index in [4.69, 9.17) is 5.73 Å². The average Bonchev–Trinajstić information content (AvgIpc) is 2.79. The van der Waals surface area contributed by atoms with Crippen molar-refractivity contribution in [1.29, 1.82) is 0 Å². The molecule has 2 unspecified atom stereocenters. The summed E-state index contributed by atoms with van der Waals surface area (Å²) in [6, 6.07) is 0. The fraction of sp³-hybridized carbons (Fsp3) is 0.917. The van der Waals surface area contributed by atoms with E-state index in [2.05, 4.69) is 6.92 Å². The molecule has 1 aliphatic carbocycles. The molecule has 1 amide bonds. The number of nitrogens with two attached hydrogens (primary N) is 1. The van der Waals surface area contributed by atoms with Gasteiger partial charge in [0.05, 0.1) is 0 Å². The van der Waals surface area contributed by atoms with Gasteiger partial charge in [0, 0.05) is 5.41 Å².